The van der Waals surface area contributed by atoms with E-state index in [2.05, 4.69) is 16.4 Å². The summed E-state index contributed by atoms with van der Waals surface area (Å²) >= 11 is 0. The molecule has 2 atom stereocenters. The molecule has 1 aliphatic carbocycles. The van der Waals surface area contributed by atoms with Crippen LogP contribution in [-0.2, 0) is 6.42 Å². The third-order valence-electron chi connectivity index (χ3n) is 5.21. The lowest BCUT2D eigenvalue weighted by Gasteiger charge is -2.28. The van der Waals surface area contributed by atoms with E-state index in [4.69, 9.17) is 0 Å². The van der Waals surface area contributed by atoms with Crippen molar-refractivity contribution in [3.8, 4) is 0 Å². The third kappa shape index (κ3) is 3.24. The lowest BCUT2D eigenvalue weighted by atomic mass is 9.92. The summed E-state index contributed by atoms with van der Waals surface area (Å²) in [5, 5.41) is 13.4. The molecule has 1 amide bonds. The van der Waals surface area contributed by atoms with Gasteiger partial charge in [0, 0.05) is 18.4 Å². The SMILES string of the molecule is O=C(c1ccc(N[C@H]2CCCC[C@H]2O)nc1)N1CCc2ccccc21. The minimum absolute atomic E-state index is 0.0123. The van der Waals surface area contributed by atoms with Crippen LogP contribution in [0.15, 0.2) is 42.6 Å². The number of nitrogens with one attached hydrogen (secondary N) is 1. The number of aliphatic hydroxyl groups is 1. The number of benzene rings is 1. The average molecular weight is 337 g/mol. The highest BCUT2D eigenvalue weighted by atomic mass is 16.3. The molecule has 2 heterocycles. The molecule has 5 nitrogen and oxygen atoms in total. The molecule has 1 aliphatic heterocycles. The second kappa shape index (κ2) is 6.84. The largest absolute Gasteiger partial charge is 0.391 e. The summed E-state index contributed by atoms with van der Waals surface area (Å²) in [6.07, 6.45) is 6.20. The van der Waals surface area contributed by atoms with Gasteiger partial charge in [-0.2, -0.15) is 0 Å². The molecule has 1 aromatic carbocycles. The van der Waals surface area contributed by atoms with E-state index in [1.165, 1.54) is 5.56 Å². The lowest BCUT2D eigenvalue weighted by molar-refractivity contribution is 0.0989. The Morgan fingerprint density at radius 2 is 2.00 bits per heavy atom. The van der Waals surface area contributed by atoms with Gasteiger partial charge in [-0.25, -0.2) is 4.98 Å². The number of rotatable bonds is 3. The minimum atomic E-state index is -0.321. The van der Waals surface area contributed by atoms with Crippen molar-refractivity contribution in [1.82, 2.24) is 4.98 Å². The molecular formula is C20H23N3O2. The molecule has 4 rings (SSSR count). The Morgan fingerprint density at radius 3 is 2.80 bits per heavy atom. The summed E-state index contributed by atoms with van der Waals surface area (Å²) in [5.41, 5.74) is 2.81. The highest BCUT2D eigenvalue weighted by molar-refractivity contribution is 6.07. The van der Waals surface area contributed by atoms with Crippen LogP contribution in [0.25, 0.3) is 0 Å². The third-order valence-corrected chi connectivity index (χ3v) is 5.21. The van der Waals surface area contributed by atoms with E-state index in [0.717, 1.165) is 37.8 Å². The summed E-state index contributed by atoms with van der Waals surface area (Å²) in [7, 11) is 0. The number of anilines is 2. The van der Waals surface area contributed by atoms with Gasteiger partial charge < -0.3 is 15.3 Å². The van der Waals surface area contributed by atoms with Gasteiger partial charge in [0.1, 0.15) is 5.82 Å². The maximum atomic E-state index is 12.8. The number of nitrogens with zero attached hydrogens (tertiary/aromatic N) is 2. The maximum Gasteiger partial charge on any atom is 0.259 e. The zero-order valence-electron chi connectivity index (χ0n) is 14.2. The average Bonchev–Trinajstić information content (AvgIpc) is 3.08. The first-order valence-electron chi connectivity index (χ1n) is 9.03. The molecule has 0 bridgehead atoms. The summed E-state index contributed by atoms with van der Waals surface area (Å²) in [6.45, 7) is 0.715. The fraction of sp³-hybridized carbons (Fsp3) is 0.400. The second-order valence-electron chi connectivity index (χ2n) is 6.87. The Labute approximate surface area is 147 Å². The van der Waals surface area contributed by atoms with Crippen LogP contribution in [-0.4, -0.2) is 34.7 Å². The van der Waals surface area contributed by atoms with Crippen LogP contribution in [0.3, 0.4) is 0 Å². The molecule has 130 valence electrons. The fourth-order valence-corrected chi connectivity index (χ4v) is 3.78. The Hall–Kier alpha value is -2.40. The molecule has 1 aromatic heterocycles. The molecule has 2 aromatic rings. The normalized spacial score (nSPS) is 22.5. The van der Waals surface area contributed by atoms with Crippen molar-refractivity contribution in [2.75, 3.05) is 16.8 Å². The van der Waals surface area contributed by atoms with Gasteiger partial charge in [0.05, 0.1) is 17.7 Å². The monoisotopic (exact) mass is 337 g/mol. The van der Waals surface area contributed by atoms with Gasteiger partial charge in [-0.1, -0.05) is 31.0 Å². The van der Waals surface area contributed by atoms with Crippen LogP contribution in [0.5, 0.6) is 0 Å². The molecule has 2 N–H and O–H groups in total. The van der Waals surface area contributed by atoms with Crippen LogP contribution < -0.4 is 10.2 Å². The number of hydrogen-bond acceptors (Lipinski definition) is 4. The van der Waals surface area contributed by atoms with Crippen molar-refractivity contribution in [3.05, 3.63) is 53.7 Å². The van der Waals surface area contributed by atoms with Crippen LogP contribution >= 0.6 is 0 Å². The lowest BCUT2D eigenvalue weighted by Crippen LogP contribution is -2.36. The van der Waals surface area contributed by atoms with Crippen LogP contribution in [0, 0.1) is 0 Å². The van der Waals surface area contributed by atoms with Gasteiger partial charge in [-0.05, 0) is 43.0 Å². The standard InChI is InChI=1S/C20H23N3O2/c24-18-8-4-2-6-16(18)22-19-10-9-15(13-21-19)20(25)23-12-11-14-5-1-3-7-17(14)23/h1,3,5,7,9-10,13,16,18,24H,2,4,6,8,11-12H2,(H,21,22)/t16-,18+/m0/s1. The second-order valence-corrected chi connectivity index (χ2v) is 6.87. The molecule has 1 fully saturated rings. The highest BCUT2D eigenvalue weighted by Crippen LogP contribution is 2.29. The van der Waals surface area contributed by atoms with E-state index in [1.807, 2.05) is 35.2 Å². The number of para-hydroxylation sites is 1. The van der Waals surface area contributed by atoms with Gasteiger partial charge in [-0.15, -0.1) is 0 Å². The van der Waals surface area contributed by atoms with Crippen LogP contribution in [0.4, 0.5) is 11.5 Å². The van der Waals surface area contributed by atoms with Crippen molar-refractivity contribution in [2.45, 2.75) is 44.2 Å². The van der Waals surface area contributed by atoms with E-state index in [1.54, 1.807) is 6.20 Å². The topological polar surface area (TPSA) is 65.5 Å². The van der Waals surface area contributed by atoms with E-state index in [0.29, 0.717) is 17.9 Å². The number of amides is 1. The smallest absolute Gasteiger partial charge is 0.259 e. The summed E-state index contributed by atoms with van der Waals surface area (Å²) in [6, 6.07) is 11.7. The fourth-order valence-electron chi connectivity index (χ4n) is 3.78. The number of carbonyl (C=O) groups excluding carboxylic acids is 1. The highest BCUT2D eigenvalue weighted by Gasteiger charge is 2.26. The van der Waals surface area contributed by atoms with Crippen molar-refractivity contribution >= 4 is 17.4 Å². The predicted octanol–water partition coefficient (Wildman–Crippen LogP) is 3.00. The number of fused-ring (bicyclic) bond motifs is 1. The van der Waals surface area contributed by atoms with Crippen molar-refractivity contribution in [1.29, 1.82) is 0 Å². The predicted molar refractivity (Wildman–Crippen MR) is 97.9 cm³/mol. The van der Waals surface area contributed by atoms with Crippen LogP contribution in [0.1, 0.15) is 41.6 Å². The van der Waals surface area contributed by atoms with Crippen LogP contribution in [0.2, 0.25) is 0 Å². The molecule has 2 aliphatic rings. The first kappa shape index (κ1) is 16.1. The number of carbonyl (C=O) groups is 1. The van der Waals surface area contributed by atoms with Gasteiger partial charge >= 0.3 is 0 Å². The van der Waals surface area contributed by atoms with Gasteiger partial charge in [0.15, 0.2) is 0 Å². The van der Waals surface area contributed by atoms with Crippen molar-refractivity contribution in [3.63, 3.8) is 0 Å². The number of hydrogen-bond donors (Lipinski definition) is 2. The Bertz CT molecular complexity index is 760. The zero-order chi connectivity index (χ0) is 17.2. The number of aliphatic hydroxyl groups excluding tert-OH is 1. The van der Waals surface area contributed by atoms with E-state index in [-0.39, 0.29) is 18.1 Å². The Balaban J connectivity index is 1.46. The van der Waals surface area contributed by atoms with Crippen molar-refractivity contribution < 1.29 is 9.90 Å². The number of aromatic nitrogens is 1. The molecule has 25 heavy (non-hydrogen) atoms. The summed E-state index contributed by atoms with van der Waals surface area (Å²) in [4.78, 5) is 19.0. The van der Waals surface area contributed by atoms with Crippen molar-refractivity contribution in [2.24, 2.45) is 0 Å². The molecule has 1 saturated carbocycles. The Kier molecular flexibility index (Phi) is 4.40. The molecule has 0 saturated heterocycles. The molecule has 0 radical (unpaired) electrons. The van der Waals surface area contributed by atoms with E-state index < -0.39 is 0 Å². The first-order valence-corrected chi connectivity index (χ1v) is 9.03. The van der Waals surface area contributed by atoms with E-state index in [9.17, 15) is 9.90 Å². The first-order chi connectivity index (χ1) is 12.2. The summed E-state index contributed by atoms with van der Waals surface area (Å²) in [5.74, 6) is 0.700. The van der Waals surface area contributed by atoms with E-state index >= 15 is 0 Å². The molecule has 5 heteroatoms. The summed E-state index contributed by atoms with van der Waals surface area (Å²) < 4.78 is 0. The molecule has 0 spiro atoms. The van der Waals surface area contributed by atoms with Gasteiger partial charge in [0.25, 0.3) is 5.91 Å². The van der Waals surface area contributed by atoms with Gasteiger partial charge in [-0.3, -0.25) is 4.79 Å². The quantitative estimate of drug-likeness (QED) is 0.904. The minimum Gasteiger partial charge on any atom is -0.391 e. The van der Waals surface area contributed by atoms with Gasteiger partial charge in [0.2, 0.25) is 0 Å². The molecule has 0 unspecified atom stereocenters. The zero-order valence-corrected chi connectivity index (χ0v) is 14.2. The maximum absolute atomic E-state index is 12.8. The molecular weight excluding hydrogens is 314 g/mol. The Morgan fingerprint density at radius 1 is 1.16 bits per heavy atom. The number of pyridine rings is 1.